The lowest BCUT2D eigenvalue weighted by Crippen LogP contribution is -2.27. The van der Waals surface area contributed by atoms with Crippen molar-refractivity contribution in [1.82, 2.24) is 29.7 Å². The van der Waals surface area contributed by atoms with E-state index in [1.165, 1.54) is 34.4 Å². The van der Waals surface area contributed by atoms with Gasteiger partial charge in [-0.2, -0.15) is 18.2 Å². The summed E-state index contributed by atoms with van der Waals surface area (Å²) in [6, 6.07) is 10.6. The van der Waals surface area contributed by atoms with Gasteiger partial charge >= 0.3 is 12.2 Å². The molecule has 17 heteroatoms. The van der Waals surface area contributed by atoms with Gasteiger partial charge in [0.15, 0.2) is 28.0 Å². The highest BCUT2D eigenvalue weighted by molar-refractivity contribution is 7.16. The van der Waals surface area contributed by atoms with E-state index in [0.717, 1.165) is 0 Å². The molecule has 0 bridgehead atoms. The van der Waals surface area contributed by atoms with Gasteiger partial charge in [0.05, 0.1) is 27.1 Å². The largest absolute Gasteiger partial charge is 0.465 e. The number of aromatic nitrogens is 6. The van der Waals surface area contributed by atoms with E-state index in [4.69, 9.17) is 16.3 Å². The predicted octanol–water partition coefficient (Wildman–Crippen LogP) is 6.23. The first-order valence-electron chi connectivity index (χ1n) is 12.2. The summed E-state index contributed by atoms with van der Waals surface area (Å²) in [6.45, 7) is 1.68. The minimum absolute atomic E-state index is 0.158. The second-order valence-electron chi connectivity index (χ2n) is 8.89. The van der Waals surface area contributed by atoms with Crippen molar-refractivity contribution in [3.8, 4) is 11.6 Å². The van der Waals surface area contributed by atoms with Gasteiger partial charge in [0.2, 0.25) is 11.8 Å². The molecule has 0 aliphatic heterocycles. The molecule has 4 heterocycles. The minimum Gasteiger partial charge on any atom is -0.465 e. The monoisotopic (exact) mass is 628 g/mol. The predicted molar refractivity (Wildman–Crippen MR) is 151 cm³/mol. The van der Waals surface area contributed by atoms with Crippen LogP contribution < -0.4 is 20.9 Å². The van der Waals surface area contributed by atoms with Crippen LogP contribution in [0.4, 0.5) is 29.5 Å². The van der Waals surface area contributed by atoms with Gasteiger partial charge in [0, 0.05) is 11.8 Å². The Hall–Kier alpha value is -5.09. The summed E-state index contributed by atoms with van der Waals surface area (Å²) in [6.07, 6.45) is -4.24. The maximum atomic E-state index is 13.9. The van der Waals surface area contributed by atoms with Gasteiger partial charge in [-0.25, -0.2) is 19.7 Å². The van der Waals surface area contributed by atoms with Crippen LogP contribution in [0.2, 0.25) is 5.02 Å². The van der Waals surface area contributed by atoms with E-state index in [1.807, 2.05) is 0 Å². The summed E-state index contributed by atoms with van der Waals surface area (Å²) in [5.74, 6) is -0.138. The number of thiazole rings is 1. The highest BCUT2D eigenvalue weighted by Crippen LogP contribution is 2.31. The standard InChI is InChI=1S/C26H16ClF3N8O4S/c1-12(41-22-20-23(32-10-31-22)43-11-33-20)21-35-16-7-3-6-15(27)19(16)24(39)38(21)14-5-2-4-13(8-14)34-25(40)36-18-9-17(37-42-18)26(28,29)30/h2-12H,1H3,(H2,34,36,40). The molecule has 218 valence electrons. The number of hydrogen-bond acceptors (Lipinski definition) is 10. The Balaban J connectivity index is 1.36. The highest BCUT2D eigenvalue weighted by Gasteiger charge is 2.35. The number of fused-ring (bicyclic) bond motifs is 2. The number of alkyl halides is 3. The van der Waals surface area contributed by atoms with Gasteiger partial charge in [0.1, 0.15) is 6.33 Å². The Morgan fingerprint density at radius 2 is 1.93 bits per heavy atom. The zero-order valence-electron chi connectivity index (χ0n) is 21.6. The van der Waals surface area contributed by atoms with Crippen LogP contribution >= 0.6 is 22.9 Å². The lowest BCUT2D eigenvalue weighted by Gasteiger charge is -2.20. The Morgan fingerprint density at radius 1 is 1.12 bits per heavy atom. The molecule has 0 aliphatic rings. The first-order chi connectivity index (χ1) is 20.6. The Bertz CT molecular complexity index is 2060. The van der Waals surface area contributed by atoms with Crippen LogP contribution in [0.15, 0.2) is 69.7 Å². The number of amides is 2. The van der Waals surface area contributed by atoms with Crippen LogP contribution in [0.3, 0.4) is 0 Å². The van der Waals surface area contributed by atoms with Crippen molar-refractivity contribution in [2.45, 2.75) is 19.2 Å². The fourth-order valence-corrected chi connectivity index (χ4v) is 5.04. The highest BCUT2D eigenvalue weighted by atomic mass is 35.5. The molecule has 1 atom stereocenters. The first-order valence-corrected chi connectivity index (χ1v) is 13.5. The number of urea groups is 1. The first kappa shape index (κ1) is 28.0. The molecular weight excluding hydrogens is 613 g/mol. The average Bonchev–Trinajstić information content (AvgIpc) is 3.63. The average molecular weight is 629 g/mol. The quantitative estimate of drug-likeness (QED) is 0.219. The van der Waals surface area contributed by atoms with Gasteiger partial charge < -0.3 is 14.6 Å². The number of carbonyl (C=O) groups excluding carboxylic acids is 1. The SMILES string of the molecule is CC(Oc1ncnc2scnc12)c1nc2cccc(Cl)c2c(=O)n1-c1cccc(NC(=O)Nc2cc(C(F)(F)F)no2)c1. The van der Waals surface area contributed by atoms with Crippen molar-refractivity contribution in [2.24, 2.45) is 0 Å². The fraction of sp³-hybridized carbons (Fsp3) is 0.115. The van der Waals surface area contributed by atoms with E-state index in [-0.39, 0.29) is 33.5 Å². The number of benzene rings is 2. The number of rotatable bonds is 6. The van der Waals surface area contributed by atoms with Crippen LogP contribution in [-0.2, 0) is 6.18 Å². The van der Waals surface area contributed by atoms with E-state index >= 15 is 0 Å². The molecule has 0 saturated heterocycles. The third-order valence-corrected chi connectivity index (χ3v) is 7.07. The van der Waals surface area contributed by atoms with Crippen LogP contribution in [0.1, 0.15) is 24.5 Å². The van der Waals surface area contributed by atoms with Crippen molar-refractivity contribution in [2.75, 3.05) is 10.6 Å². The molecule has 2 N–H and O–H groups in total. The normalized spacial score (nSPS) is 12.4. The smallest absolute Gasteiger partial charge is 0.436 e. The summed E-state index contributed by atoms with van der Waals surface area (Å²) < 4.78 is 50.3. The molecular formula is C26H16ClF3N8O4S. The van der Waals surface area contributed by atoms with Crippen LogP contribution in [0.5, 0.6) is 5.88 Å². The van der Waals surface area contributed by atoms with Gasteiger partial charge in [-0.05, 0) is 37.3 Å². The van der Waals surface area contributed by atoms with Crippen molar-refractivity contribution >= 4 is 61.8 Å². The molecule has 6 rings (SSSR count). The second-order valence-corrected chi connectivity index (χ2v) is 10.1. The Kier molecular flexibility index (Phi) is 7.15. The number of anilines is 2. The van der Waals surface area contributed by atoms with Gasteiger partial charge in [-0.1, -0.05) is 28.9 Å². The number of carbonyl (C=O) groups is 1. The summed E-state index contributed by atoms with van der Waals surface area (Å²) >= 11 is 7.70. The molecule has 4 aromatic heterocycles. The molecule has 2 amide bonds. The van der Waals surface area contributed by atoms with E-state index in [2.05, 4.69) is 40.2 Å². The van der Waals surface area contributed by atoms with Crippen molar-refractivity contribution in [1.29, 1.82) is 0 Å². The Morgan fingerprint density at radius 3 is 2.72 bits per heavy atom. The molecule has 43 heavy (non-hydrogen) atoms. The Labute approximate surface area is 247 Å². The van der Waals surface area contributed by atoms with Crippen molar-refractivity contribution in [3.05, 3.63) is 87.3 Å². The third kappa shape index (κ3) is 5.56. The molecule has 0 saturated carbocycles. The maximum absolute atomic E-state index is 13.9. The molecule has 2 aromatic carbocycles. The molecule has 0 spiro atoms. The van der Waals surface area contributed by atoms with Gasteiger partial charge in [-0.3, -0.25) is 14.7 Å². The zero-order chi connectivity index (χ0) is 30.3. The van der Waals surface area contributed by atoms with Crippen molar-refractivity contribution < 1.29 is 27.2 Å². The number of halogens is 4. The maximum Gasteiger partial charge on any atom is 0.436 e. The van der Waals surface area contributed by atoms with Crippen LogP contribution in [0, 0.1) is 0 Å². The molecule has 0 aliphatic carbocycles. The number of ether oxygens (including phenoxy) is 1. The lowest BCUT2D eigenvalue weighted by molar-refractivity contribution is -0.142. The van der Waals surface area contributed by atoms with Gasteiger partial charge in [0.25, 0.3) is 5.56 Å². The molecule has 12 nitrogen and oxygen atoms in total. The number of nitrogens with zero attached hydrogens (tertiary/aromatic N) is 6. The van der Waals surface area contributed by atoms with E-state index in [0.29, 0.717) is 21.9 Å². The number of hydrogen-bond donors (Lipinski definition) is 2. The minimum atomic E-state index is -4.74. The lowest BCUT2D eigenvalue weighted by atomic mass is 10.2. The summed E-state index contributed by atoms with van der Waals surface area (Å²) in [5.41, 5.74) is 1.05. The van der Waals surface area contributed by atoms with E-state index in [9.17, 15) is 22.8 Å². The summed E-state index contributed by atoms with van der Waals surface area (Å²) in [7, 11) is 0. The second kappa shape index (κ2) is 11.0. The van der Waals surface area contributed by atoms with E-state index in [1.54, 1.807) is 42.8 Å². The molecule has 0 fully saturated rings. The summed E-state index contributed by atoms with van der Waals surface area (Å²) in [4.78, 5) is 44.3. The van der Waals surface area contributed by atoms with Gasteiger partial charge in [-0.15, -0.1) is 11.3 Å². The fourth-order valence-electron chi connectivity index (χ4n) is 4.17. The van der Waals surface area contributed by atoms with Crippen LogP contribution in [-0.4, -0.2) is 35.7 Å². The van der Waals surface area contributed by atoms with E-state index < -0.39 is 35.4 Å². The topological polar surface area (TPSA) is 150 Å². The number of nitrogens with one attached hydrogen (secondary N) is 2. The molecule has 1 unspecified atom stereocenters. The third-order valence-electron chi connectivity index (χ3n) is 6.03. The van der Waals surface area contributed by atoms with Crippen molar-refractivity contribution in [3.63, 3.8) is 0 Å². The summed E-state index contributed by atoms with van der Waals surface area (Å²) in [5, 5.41) is 7.86. The molecule has 6 aromatic rings. The van der Waals surface area contributed by atoms with Crippen LogP contribution in [0.25, 0.3) is 26.9 Å². The zero-order valence-corrected chi connectivity index (χ0v) is 23.2. The molecule has 0 radical (unpaired) electrons.